The van der Waals surface area contributed by atoms with Crippen LogP contribution in [-0.4, -0.2) is 26.3 Å². The van der Waals surface area contributed by atoms with E-state index in [0.717, 1.165) is 4.31 Å². The second-order valence-corrected chi connectivity index (χ2v) is 2.99. The van der Waals surface area contributed by atoms with E-state index >= 15 is 0 Å². The van der Waals surface area contributed by atoms with Gasteiger partial charge in [-0.1, -0.05) is 6.92 Å². The van der Waals surface area contributed by atoms with E-state index in [9.17, 15) is 8.42 Å². The smallest absolute Gasteiger partial charge is 0.194 e. The Kier molecular flexibility index (Phi) is 2.39. The van der Waals surface area contributed by atoms with Gasteiger partial charge in [0.15, 0.2) is 0 Å². The molecular weight excluding hydrogens is 128 g/mol. The van der Waals surface area contributed by atoms with E-state index in [1.54, 1.807) is 6.92 Å². The number of hydrogen-bond acceptors (Lipinski definition) is 2. The monoisotopic (exact) mass is 137 g/mol. The van der Waals surface area contributed by atoms with Gasteiger partial charge in [0.05, 0.1) is 0 Å². The summed E-state index contributed by atoms with van der Waals surface area (Å²) in [7, 11) is -2.31. The molecule has 0 unspecified atom stereocenters. The van der Waals surface area contributed by atoms with Crippen molar-refractivity contribution in [2.45, 2.75) is 6.92 Å². The predicted molar refractivity (Wildman–Crippen MR) is 30.3 cm³/mol. The second-order valence-electron chi connectivity index (χ2n) is 1.42. The Morgan fingerprint density at radius 2 is 2.00 bits per heavy atom. The molecule has 0 aromatic heterocycles. The lowest BCUT2D eigenvalue weighted by atomic mass is 10.8. The quantitative estimate of drug-likeness (QED) is 0.513. The summed E-state index contributed by atoms with van der Waals surface area (Å²) in [5, 5.41) is 6.44. The van der Waals surface area contributed by atoms with Gasteiger partial charge in [0, 0.05) is 13.6 Å². The molecule has 0 bridgehead atoms. The Morgan fingerprint density at radius 3 is 2.00 bits per heavy atom. The molecule has 0 spiro atoms. The van der Waals surface area contributed by atoms with Crippen LogP contribution < -0.4 is 5.14 Å². The molecule has 0 amide bonds. The van der Waals surface area contributed by atoms with Crippen molar-refractivity contribution in [3.05, 3.63) is 0 Å². The average molecular weight is 137 g/mol. The molecule has 0 fully saturated rings. The molecular formula is C3H9N2O2S. The van der Waals surface area contributed by atoms with Crippen molar-refractivity contribution >= 4 is 10.2 Å². The topological polar surface area (TPSA) is 61.2 Å². The van der Waals surface area contributed by atoms with Gasteiger partial charge in [0.1, 0.15) is 0 Å². The van der Waals surface area contributed by atoms with E-state index in [-0.39, 0.29) is 0 Å². The maximum Gasteiger partial charge on any atom is 0.292 e. The van der Waals surface area contributed by atoms with Crippen molar-refractivity contribution in [1.29, 1.82) is 0 Å². The van der Waals surface area contributed by atoms with Crippen LogP contribution in [-0.2, 0) is 10.2 Å². The minimum atomic E-state index is -3.67. The first-order chi connectivity index (χ1) is 3.48. The Morgan fingerprint density at radius 1 is 1.62 bits per heavy atom. The van der Waals surface area contributed by atoms with E-state index in [2.05, 4.69) is 0 Å². The molecule has 0 aromatic carbocycles. The first-order valence-corrected chi connectivity index (χ1v) is 3.63. The van der Waals surface area contributed by atoms with Crippen molar-refractivity contribution in [2.75, 3.05) is 13.6 Å². The van der Waals surface area contributed by atoms with Gasteiger partial charge < -0.3 is 0 Å². The number of hydrogen-bond donors (Lipinski definition) is 0. The highest BCUT2D eigenvalue weighted by Gasteiger charge is 2.07. The van der Waals surface area contributed by atoms with Crippen molar-refractivity contribution in [2.24, 2.45) is 0 Å². The van der Waals surface area contributed by atoms with Gasteiger partial charge in [0.2, 0.25) is 0 Å². The van der Waals surface area contributed by atoms with Crippen LogP contribution in [0.25, 0.3) is 0 Å². The molecule has 0 atom stereocenters. The lowest BCUT2D eigenvalue weighted by Gasteiger charge is -2.07. The Bertz CT molecular complexity index is 151. The highest BCUT2D eigenvalue weighted by molar-refractivity contribution is 7.86. The largest absolute Gasteiger partial charge is 0.292 e. The Labute approximate surface area is 49.5 Å². The van der Waals surface area contributed by atoms with Crippen LogP contribution in [0.5, 0.6) is 0 Å². The van der Waals surface area contributed by atoms with Crippen LogP contribution >= 0.6 is 0 Å². The lowest BCUT2D eigenvalue weighted by Crippen LogP contribution is -2.26. The Hall–Kier alpha value is -0.130. The van der Waals surface area contributed by atoms with E-state index < -0.39 is 10.2 Å². The summed E-state index contributed by atoms with van der Waals surface area (Å²) >= 11 is 0. The average Bonchev–Trinajstić information content (AvgIpc) is 1.62. The molecule has 1 N–H and O–H groups in total. The zero-order chi connectivity index (χ0) is 6.78. The molecule has 0 aromatic rings. The summed E-state index contributed by atoms with van der Waals surface area (Å²) in [5.74, 6) is 0. The number of rotatable bonds is 2. The lowest BCUT2D eigenvalue weighted by molar-refractivity contribution is 0.486. The molecule has 0 aliphatic carbocycles. The van der Waals surface area contributed by atoms with Gasteiger partial charge in [-0.15, -0.1) is 5.14 Å². The summed E-state index contributed by atoms with van der Waals surface area (Å²) < 4.78 is 21.3. The van der Waals surface area contributed by atoms with Gasteiger partial charge in [0.25, 0.3) is 10.2 Å². The van der Waals surface area contributed by atoms with Crippen LogP contribution in [0.4, 0.5) is 0 Å². The van der Waals surface area contributed by atoms with E-state index in [1.807, 2.05) is 0 Å². The minimum Gasteiger partial charge on any atom is -0.194 e. The summed E-state index contributed by atoms with van der Waals surface area (Å²) in [6.07, 6.45) is 0. The highest BCUT2D eigenvalue weighted by Crippen LogP contribution is 1.86. The molecule has 0 saturated carbocycles. The van der Waals surface area contributed by atoms with E-state index in [4.69, 9.17) is 5.14 Å². The zero-order valence-electron chi connectivity index (χ0n) is 4.88. The van der Waals surface area contributed by atoms with Gasteiger partial charge in [-0.2, -0.15) is 12.7 Å². The third-order valence-electron chi connectivity index (χ3n) is 0.856. The Balaban J connectivity index is 4.04. The predicted octanol–water partition coefficient (Wildman–Crippen LogP) is -0.534. The second kappa shape index (κ2) is 2.43. The fraction of sp³-hybridized carbons (Fsp3) is 1.00. The molecule has 49 valence electrons. The first kappa shape index (κ1) is 7.87. The molecule has 0 aliphatic rings. The number of nitrogens with one attached hydrogen (secondary N) is 1. The van der Waals surface area contributed by atoms with E-state index in [0.29, 0.717) is 6.54 Å². The fourth-order valence-corrected chi connectivity index (χ4v) is 0.510. The van der Waals surface area contributed by atoms with Crippen LogP contribution in [0.15, 0.2) is 0 Å². The molecule has 0 heterocycles. The molecule has 0 saturated heterocycles. The van der Waals surface area contributed by atoms with Crippen molar-refractivity contribution < 1.29 is 8.42 Å². The van der Waals surface area contributed by atoms with Gasteiger partial charge >= 0.3 is 0 Å². The molecule has 4 nitrogen and oxygen atoms in total. The molecule has 5 heteroatoms. The summed E-state index contributed by atoms with van der Waals surface area (Å²) in [6.45, 7) is 2.03. The third-order valence-corrected chi connectivity index (χ3v) is 1.93. The number of nitrogens with zero attached hydrogens (tertiary/aromatic N) is 1. The van der Waals surface area contributed by atoms with Crippen LogP contribution in [0.1, 0.15) is 6.92 Å². The van der Waals surface area contributed by atoms with Gasteiger partial charge in [-0.25, -0.2) is 0 Å². The fourth-order valence-electron chi connectivity index (χ4n) is 0.170. The summed E-state index contributed by atoms with van der Waals surface area (Å²) in [5.41, 5.74) is 0. The molecule has 8 heavy (non-hydrogen) atoms. The van der Waals surface area contributed by atoms with Crippen molar-refractivity contribution in [3.8, 4) is 0 Å². The van der Waals surface area contributed by atoms with Crippen LogP contribution in [0.2, 0.25) is 0 Å². The summed E-state index contributed by atoms with van der Waals surface area (Å²) in [6, 6.07) is 0. The maximum absolute atomic E-state index is 10.2. The molecule has 0 rings (SSSR count). The third kappa shape index (κ3) is 2.25. The maximum atomic E-state index is 10.2. The SMILES string of the molecule is CCN(C)S([NH])(=O)=O. The van der Waals surface area contributed by atoms with Gasteiger partial charge in [-0.05, 0) is 0 Å². The first-order valence-electron chi connectivity index (χ1n) is 2.19. The summed E-state index contributed by atoms with van der Waals surface area (Å²) in [4.78, 5) is 0. The van der Waals surface area contributed by atoms with E-state index in [1.165, 1.54) is 7.05 Å². The minimum absolute atomic E-state index is 0.353. The standard InChI is InChI=1S/C3H9N2O2S/c1-3-5(2)8(4,6)7/h4H,3H2,1-2H3. The van der Waals surface area contributed by atoms with Crippen LogP contribution in [0.3, 0.4) is 0 Å². The zero-order valence-corrected chi connectivity index (χ0v) is 5.70. The van der Waals surface area contributed by atoms with Crippen LogP contribution in [0, 0.1) is 0 Å². The van der Waals surface area contributed by atoms with Gasteiger partial charge in [-0.3, -0.25) is 0 Å². The van der Waals surface area contributed by atoms with Crippen molar-refractivity contribution in [1.82, 2.24) is 9.44 Å². The normalized spacial score (nSPS) is 12.5. The highest BCUT2D eigenvalue weighted by atomic mass is 32.2. The molecule has 1 radical (unpaired) electrons. The van der Waals surface area contributed by atoms with Crippen molar-refractivity contribution in [3.63, 3.8) is 0 Å². The molecule has 0 aliphatic heterocycles.